The van der Waals surface area contributed by atoms with Gasteiger partial charge in [0.15, 0.2) is 11.4 Å². The maximum absolute atomic E-state index is 12.3. The lowest BCUT2D eigenvalue weighted by atomic mass is 9.97. The number of imidazole rings is 1. The highest BCUT2D eigenvalue weighted by Crippen LogP contribution is 2.39. The zero-order valence-electron chi connectivity index (χ0n) is 24.6. The van der Waals surface area contributed by atoms with E-state index in [9.17, 15) is 14.7 Å². The molecule has 236 valence electrons. The molecule has 1 saturated heterocycles. The average Bonchev–Trinajstić information content (AvgIpc) is 3.38. The smallest absolute Gasteiger partial charge is 0.303 e. The van der Waals surface area contributed by atoms with Crippen molar-refractivity contribution in [2.45, 2.75) is 70.3 Å². The molecular formula is C34H35Cl2N3O6. The van der Waals surface area contributed by atoms with Crippen LogP contribution in [0.3, 0.4) is 0 Å². The van der Waals surface area contributed by atoms with Crippen molar-refractivity contribution < 1.29 is 29.3 Å². The highest BCUT2D eigenvalue weighted by molar-refractivity contribution is 6.40. The molecule has 3 atom stereocenters. The molecule has 1 aromatic heterocycles. The number of ether oxygens (including phenoxy) is 2. The van der Waals surface area contributed by atoms with E-state index in [4.69, 9.17) is 37.8 Å². The lowest BCUT2D eigenvalue weighted by Gasteiger charge is -2.36. The molecule has 3 unspecified atom stereocenters. The molecule has 1 aliphatic heterocycles. The van der Waals surface area contributed by atoms with Gasteiger partial charge in [0, 0.05) is 31.4 Å². The number of aromatic nitrogens is 2. The van der Waals surface area contributed by atoms with Crippen LogP contribution in [0.2, 0.25) is 10.3 Å². The molecule has 0 saturated carbocycles. The molecule has 0 bridgehead atoms. The quantitative estimate of drug-likeness (QED) is 0.135. The third-order valence-electron chi connectivity index (χ3n) is 7.78. The number of hydrogen-bond acceptors (Lipinski definition) is 6. The Hall–Kier alpha value is -3.73. The largest absolute Gasteiger partial charge is 0.481 e. The molecule has 0 radical (unpaired) electrons. The third-order valence-corrected chi connectivity index (χ3v) is 8.55. The molecule has 9 nitrogen and oxygen atoms in total. The number of carboxylic acid groups (broad SMARTS) is 1. The third kappa shape index (κ3) is 8.71. The van der Waals surface area contributed by atoms with Gasteiger partial charge in [0.1, 0.15) is 5.15 Å². The first-order valence-corrected chi connectivity index (χ1v) is 15.6. The van der Waals surface area contributed by atoms with Gasteiger partial charge >= 0.3 is 5.97 Å². The van der Waals surface area contributed by atoms with Crippen LogP contribution in [0, 0.1) is 0 Å². The predicted octanol–water partition coefficient (Wildman–Crippen LogP) is 6.86. The van der Waals surface area contributed by atoms with Crippen molar-refractivity contribution in [3.8, 4) is 11.1 Å². The maximum Gasteiger partial charge on any atom is 0.303 e. The van der Waals surface area contributed by atoms with E-state index in [0.717, 1.165) is 33.4 Å². The van der Waals surface area contributed by atoms with Crippen LogP contribution in [0.25, 0.3) is 11.1 Å². The fourth-order valence-corrected chi connectivity index (χ4v) is 5.66. The van der Waals surface area contributed by atoms with Crippen molar-refractivity contribution in [3.05, 3.63) is 112 Å². The van der Waals surface area contributed by atoms with Crippen LogP contribution in [-0.2, 0) is 38.8 Å². The Morgan fingerprint density at radius 1 is 0.933 bits per heavy atom. The van der Waals surface area contributed by atoms with Crippen LogP contribution in [0.4, 0.5) is 0 Å². The summed E-state index contributed by atoms with van der Waals surface area (Å²) >= 11 is 12.4. The van der Waals surface area contributed by atoms with E-state index in [2.05, 4.69) is 10.3 Å². The van der Waals surface area contributed by atoms with Crippen molar-refractivity contribution in [3.63, 3.8) is 0 Å². The molecule has 4 aromatic rings. The zero-order valence-corrected chi connectivity index (χ0v) is 26.1. The van der Waals surface area contributed by atoms with Gasteiger partial charge in [0.2, 0.25) is 5.91 Å². The van der Waals surface area contributed by atoms with Gasteiger partial charge in [-0.05, 0) is 40.7 Å². The molecule has 3 N–H and O–H groups in total. The van der Waals surface area contributed by atoms with Crippen LogP contribution in [0.5, 0.6) is 0 Å². The number of aliphatic carboxylic acids is 1. The number of benzene rings is 3. The number of halogens is 2. The van der Waals surface area contributed by atoms with Crippen LogP contribution >= 0.6 is 23.2 Å². The van der Waals surface area contributed by atoms with Crippen LogP contribution < -0.4 is 5.32 Å². The van der Waals surface area contributed by atoms with Gasteiger partial charge in [-0.2, -0.15) is 0 Å². The van der Waals surface area contributed by atoms with Gasteiger partial charge in [-0.25, -0.2) is 4.98 Å². The van der Waals surface area contributed by atoms with Crippen molar-refractivity contribution in [2.24, 2.45) is 0 Å². The lowest BCUT2D eigenvalue weighted by molar-refractivity contribution is -0.252. The van der Waals surface area contributed by atoms with Gasteiger partial charge < -0.3 is 29.6 Å². The molecule has 1 amide bonds. The standard InChI is InChI=1S/C34H35Cl2N3O6/c35-32-33(36)39(21-38-32)19-27-17-29(24-11-9-22(20-40)10-12-24)45-34(44-27)25-15-13-23(14-16-25)28-6-2-1-5-26(28)18-37-30(41)7-3-4-8-31(42)43/h1-2,5-6,9-16,21,27,29,34,40H,3-4,7-8,17-20H2,(H,37,41)(H,42,43). The monoisotopic (exact) mass is 651 g/mol. The summed E-state index contributed by atoms with van der Waals surface area (Å²) in [6.45, 7) is 0.778. The first kappa shape index (κ1) is 32.7. The van der Waals surface area contributed by atoms with E-state index in [1.165, 1.54) is 0 Å². The van der Waals surface area contributed by atoms with Gasteiger partial charge in [-0.3, -0.25) is 9.59 Å². The molecular weight excluding hydrogens is 617 g/mol. The minimum absolute atomic E-state index is 0.0313. The molecule has 1 fully saturated rings. The highest BCUT2D eigenvalue weighted by atomic mass is 35.5. The normalized spacial score (nSPS) is 18.1. The first-order valence-electron chi connectivity index (χ1n) is 14.8. The number of carbonyl (C=O) groups excluding carboxylic acids is 1. The Morgan fingerprint density at radius 2 is 1.64 bits per heavy atom. The molecule has 0 spiro atoms. The number of nitrogens with zero attached hydrogens (tertiary/aromatic N) is 2. The van der Waals surface area contributed by atoms with Crippen LogP contribution in [0.1, 0.15) is 66.8 Å². The Labute approximate surface area is 271 Å². The summed E-state index contributed by atoms with van der Waals surface area (Å²) in [6, 6.07) is 23.6. The summed E-state index contributed by atoms with van der Waals surface area (Å²) in [5.74, 6) is -0.957. The van der Waals surface area contributed by atoms with Crippen molar-refractivity contribution in [2.75, 3.05) is 0 Å². The van der Waals surface area contributed by atoms with Crippen LogP contribution in [0.15, 0.2) is 79.1 Å². The SMILES string of the molecule is O=C(O)CCCCC(=O)NCc1ccccc1-c1ccc(C2OC(Cn3cnc(Cl)c3Cl)CC(c3ccc(CO)cc3)O2)cc1. The molecule has 3 aromatic carbocycles. The number of amides is 1. The van der Waals surface area contributed by atoms with E-state index in [1.807, 2.05) is 72.8 Å². The predicted molar refractivity (Wildman–Crippen MR) is 170 cm³/mol. The fourth-order valence-electron chi connectivity index (χ4n) is 5.34. The number of unbranched alkanes of at least 4 members (excludes halogenated alkanes) is 1. The summed E-state index contributed by atoms with van der Waals surface area (Å²) in [5.41, 5.74) is 5.60. The van der Waals surface area contributed by atoms with Crippen LogP contribution in [-0.4, -0.2) is 37.7 Å². The maximum atomic E-state index is 12.3. The van der Waals surface area contributed by atoms with Crippen molar-refractivity contribution in [1.29, 1.82) is 0 Å². The Morgan fingerprint density at radius 3 is 2.33 bits per heavy atom. The van der Waals surface area contributed by atoms with Crippen molar-refractivity contribution in [1.82, 2.24) is 14.9 Å². The molecule has 11 heteroatoms. The Bertz CT molecular complexity index is 1590. The van der Waals surface area contributed by atoms with Gasteiger partial charge in [0.25, 0.3) is 0 Å². The Kier molecular flexibility index (Phi) is 11.3. The first-order chi connectivity index (χ1) is 21.8. The summed E-state index contributed by atoms with van der Waals surface area (Å²) < 4.78 is 14.7. The molecule has 0 aliphatic carbocycles. The molecule has 5 rings (SSSR count). The zero-order chi connectivity index (χ0) is 31.8. The second-order valence-corrected chi connectivity index (χ2v) is 11.7. The summed E-state index contributed by atoms with van der Waals surface area (Å²) in [5, 5.41) is 21.8. The molecule has 1 aliphatic rings. The average molecular weight is 653 g/mol. The van der Waals surface area contributed by atoms with E-state index in [-0.39, 0.29) is 36.3 Å². The number of rotatable bonds is 13. The second-order valence-electron chi connectivity index (χ2n) is 11.0. The van der Waals surface area contributed by atoms with Crippen molar-refractivity contribution >= 4 is 35.1 Å². The molecule has 45 heavy (non-hydrogen) atoms. The summed E-state index contributed by atoms with van der Waals surface area (Å²) in [6.07, 6.45) is 2.39. The Balaban J connectivity index is 1.30. The number of aliphatic hydroxyl groups excluding tert-OH is 1. The summed E-state index contributed by atoms with van der Waals surface area (Å²) in [4.78, 5) is 27.1. The number of carboxylic acids is 1. The van der Waals surface area contributed by atoms with E-state index < -0.39 is 12.3 Å². The lowest BCUT2D eigenvalue weighted by Crippen LogP contribution is -2.32. The van der Waals surface area contributed by atoms with Gasteiger partial charge in [-0.1, -0.05) is 96.0 Å². The minimum atomic E-state index is -0.852. The minimum Gasteiger partial charge on any atom is -0.481 e. The van der Waals surface area contributed by atoms with E-state index in [1.54, 1.807) is 10.9 Å². The highest BCUT2D eigenvalue weighted by Gasteiger charge is 2.33. The topological polar surface area (TPSA) is 123 Å². The number of aliphatic hydroxyl groups is 1. The number of nitrogens with one attached hydrogen (secondary N) is 1. The summed E-state index contributed by atoms with van der Waals surface area (Å²) in [7, 11) is 0. The van der Waals surface area contributed by atoms with E-state index >= 15 is 0 Å². The number of carbonyl (C=O) groups is 2. The second kappa shape index (κ2) is 15.5. The molecule has 2 heterocycles. The number of hydrogen-bond donors (Lipinski definition) is 3. The fraction of sp³-hybridized carbons (Fsp3) is 0.324. The van der Waals surface area contributed by atoms with E-state index in [0.29, 0.717) is 43.9 Å². The van der Waals surface area contributed by atoms with Gasteiger partial charge in [0.05, 0.1) is 31.7 Å². The van der Waals surface area contributed by atoms with Gasteiger partial charge in [-0.15, -0.1) is 0 Å².